The summed E-state index contributed by atoms with van der Waals surface area (Å²) in [5.74, 6) is -0.455. The number of rotatable bonds is 6. The van der Waals surface area contributed by atoms with E-state index in [1.54, 1.807) is 36.4 Å². The molecule has 1 unspecified atom stereocenters. The third-order valence-electron chi connectivity index (χ3n) is 4.33. The summed E-state index contributed by atoms with van der Waals surface area (Å²) in [5, 5.41) is 6.27. The van der Waals surface area contributed by atoms with Gasteiger partial charge in [-0.1, -0.05) is 66.2 Å². The molecule has 4 nitrogen and oxygen atoms in total. The number of amides is 2. The van der Waals surface area contributed by atoms with Gasteiger partial charge in [-0.25, -0.2) is 0 Å². The molecule has 142 valence electrons. The van der Waals surface area contributed by atoms with Crippen LogP contribution < -0.4 is 10.6 Å². The van der Waals surface area contributed by atoms with Crippen molar-refractivity contribution in [3.63, 3.8) is 0 Å². The average molecular weight is 393 g/mol. The van der Waals surface area contributed by atoms with Crippen LogP contribution in [-0.4, -0.2) is 11.8 Å². The monoisotopic (exact) mass is 392 g/mol. The lowest BCUT2D eigenvalue weighted by Gasteiger charge is -2.19. The molecule has 0 saturated heterocycles. The third-order valence-corrected chi connectivity index (χ3v) is 4.64. The molecule has 3 aromatic carbocycles. The molecule has 0 aliphatic heterocycles. The van der Waals surface area contributed by atoms with E-state index < -0.39 is 6.04 Å². The fourth-order valence-electron chi connectivity index (χ4n) is 2.88. The van der Waals surface area contributed by atoms with E-state index in [1.165, 1.54) is 0 Å². The van der Waals surface area contributed by atoms with Gasteiger partial charge in [-0.05, 0) is 42.3 Å². The molecule has 5 heteroatoms. The summed E-state index contributed by atoms with van der Waals surface area (Å²) >= 11 is 6.21. The Kier molecular flexibility index (Phi) is 6.45. The van der Waals surface area contributed by atoms with Crippen LogP contribution in [0.3, 0.4) is 0 Å². The van der Waals surface area contributed by atoms with Crippen LogP contribution in [0.25, 0.3) is 0 Å². The lowest BCUT2D eigenvalue weighted by atomic mass is 10.0. The van der Waals surface area contributed by atoms with Gasteiger partial charge in [0.25, 0.3) is 5.91 Å². The van der Waals surface area contributed by atoms with Crippen molar-refractivity contribution in [1.29, 1.82) is 0 Å². The molecule has 0 radical (unpaired) electrons. The second-order valence-electron chi connectivity index (χ2n) is 6.54. The van der Waals surface area contributed by atoms with Crippen molar-refractivity contribution in [2.45, 2.75) is 19.4 Å². The molecule has 0 fully saturated rings. The van der Waals surface area contributed by atoms with Gasteiger partial charge in [-0.15, -0.1) is 0 Å². The summed E-state index contributed by atoms with van der Waals surface area (Å²) < 4.78 is 0. The maximum atomic E-state index is 12.6. The first-order chi connectivity index (χ1) is 13.5. The average Bonchev–Trinajstić information content (AvgIpc) is 2.71. The Balaban J connectivity index is 1.75. The molecular formula is C23H21ClN2O2. The highest BCUT2D eigenvalue weighted by atomic mass is 35.5. The number of benzene rings is 3. The van der Waals surface area contributed by atoms with Crippen LogP contribution in [-0.2, 0) is 4.79 Å². The highest BCUT2D eigenvalue weighted by Crippen LogP contribution is 2.24. The number of carbonyl (C=O) groups excluding carboxylic acids is 2. The first kappa shape index (κ1) is 19.6. The minimum atomic E-state index is -0.460. The van der Waals surface area contributed by atoms with Crippen LogP contribution in [0, 0.1) is 6.92 Å². The zero-order chi connectivity index (χ0) is 19.9. The maximum Gasteiger partial charge on any atom is 0.251 e. The number of carbonyl (C=O) groups is 2. The Morgan fingerprint density at radius 3 is 2.21 bits per heavy atom. The lowest BCUT2D eigenvalue weighted by Crippen LogP contribution is -2.31. The Labute approximate surface area is 169 Å². The molecule has 0 aromatic heterocycles. The van der Waals surface area contributed by atoms with Crippen LogP contribution in [0.1, 0.15) is 33.9 Å². The molecule has 2 amide bonds. The van der Waals surface area contributed by atoms with Crippen LogP contribution in [0.4, 0.5) is 5.69 Å². The molecule has 28 heavy (non-hydrogen) atoms. The van der Waals surface area contributed by atoms with E-state index in [-0.39, 0.29) is 18.2 Å². The largest absolute Gasteiger partial charge is 0.345 e. The van der Waals surface area contributed by atoms with Crippen LogP contribution in [0.5, 0.6) is 0 Å². The van der Waals surface area contributed by atoms with Crippen molar-refractivity contribution >= 4 is 29.1 Å². The molecule has 0 saturated carbocycles. The number of hydrogen-bond donors (Lipinski definition) is 2. The topological polar surface area (TPSA) is 58.2 Å². The zero-order valence-corrected chi connectivity index (χ0v) is 16.2. The van der Waals surface area contributed by atoms with E-state index in [0.29, 0.717) is 16.3 Å². The highest BCUT2D eigenvalue weighted by Gasteiger charge is 2.19. The van der Waals surface area contributed by atoms with Crippen LogP contribution in [0.2, 0.25) is 5.02 Å². The maximum absolute atomic E-state index is 12.6. The second-order valence-corrected chi connectivity index (χ2v) is 6.95. The van der Waals surface area contributed by atoms with E-state index in [1.807, 2.05) is 49.4 Å². The van der Waals surface area contributed by atoms with Gasteiger partial charge in [0.05, 0.1) is 23.2 Å². The number of hydrogen-bond acceptors (Lipinski definition) is 2. The molecule has 0 heterocycles. The lowest BCUT2D eigenvalue weighted by molar-refractivity contribution is -0.116. The quantitative estimate of drug-likeness (QED) is 0.609. The first-order valence-electron chi connectivity index (χ1n) is 9.00. The molecule has 3 rings (SSSR count). The molecule has 0 bridgehead atoms. The molecule has 2 N–H and O–H groups in total. The summed E-state index contributed by atoms with van der Waals surface area (Å²) in [6.07, 6.45) is 0.0901. The second kappa shape index (κ2) is 9.20. The Morgan fingerprint density at radius 1 is 0.929 bits per heavy atom. The number of aryl methyl sites for hydroxylation is 1. The van der Waals surface area contributed by atoms with E-state index in [2.05, 4.69) is 10.6 Å². The van der Waals surface area contributed by atoms with Gasteiger partial charge in [0.15, 0.2) is 0 Å². The van der Waals surface area contributed by atoms with Crippen LogP contribution >= 0.6 is 11.6 Å². The summed E-state index contributed by atoms with van der Waals surface area (Å²) in [6, 6.07) is 23.4. The zero-order valence-electron chi connectivity index (χ0n) is 15.5. The van der Waals surface area contributed by atoms with E-state index in [4.69, 9.17) is 11.6 Å². The van der Waals surface area contributed by atoms with E-state index in [9.17, 15) is 9.59 Å². The van der Waals surface area contributed by atoms with Gasteiger partial charge in [0.2, 0.25) is 5.91 Å². The first-order valence-corrected chi connectivity index (χ1v) is 9.37. The molecular weight excluding hydrogens is 372 g/mol. The number of nitrogens with one attached hydrogen (secondary N) is 2. The predicted molar refractivity (Wildman–Crippen MR) is 113 cm³/mol. The summed E-state index contributed by atoms with van der Waals surface area (Å²) in [7, 11) is 0. The van der Waals surface area contributed by atoms with Crippen molar-refractivity contribution in [3.8, 4) is 0 Å². The van der Waals surface area contributed by atoms with Crippen LogP contribution in [0.15, 0.2) is 78.9 Å². The fourth-order valence-corrected chi connectivity index (χ4v) is 3.16. The van der Waals surface area contributed by atoms with Crippen molar-refractivity contribution in [1.82, 2.24) is 5.32 Å². The SMILES string of the molecule is Cc1ccc(NC(=O)CC(NC(=O)c2ccccc2)c2ccccc2)c(Cl)c1. The molecule has 0 spiro atoms. The minimum Gasteiger partial charge on any atom is -0.345 e. The van der Waals surface area contributed by atoms with Crippen molar-refractivity contribution in [2.24, 2.45) is 0 Å². The van der Waals surface area contributed by atoms with Crippen molar-refractivity contribution in [2.75, 3.05) is 5.32 Å². The van der Waals surface area contributed by atoms with Gasteiger partial charge in [0.1, 0.15) is 0 Å². The molecule has 0 aliphatic rings. The Hall–Kier alpha value is -3.11. The Morgan fingerprint density at radius 2 is 1.57 bits per heavy atom. The van der Waals surface area contributed by atoms with Gasteiger partial charge in [-0.2, -0.15) is 0 Å². The fraction of sp³-hybridized carbons (Fsp3) is 0.130. The van der Waals surface area contributed by atoms with E-state index in [0.717, 1.165) is 11.1 Å². The third kappa shape index (κ3) is 5.21. The van der Waals surface area contributed by atoms with E-state index >= 15 is 0 Å². The van der Waals surface area contributed by atoms with Gasteiger partial charge in [-0.3, -0.25) is 9.59 Å². The summed E-state index contributed by atoms with van der Waals surface area (Å²) in [4.78, 5) is 25.2. The Bertz CT molecular complexity index is 959. The highest BCUT2D eigenvalue weighted by molar-refractivity contribution is 6.33. The summed E-state index contributed by atoms with van der Waals surface area (Å²) in [5.41, 5.74) is 2.97. The summed E-state index contributed by atoms with van der Waals surface area (Å²) in [6.45, 7) is 1.93. The number of anilines is 1. The standard InChI is InChI=1S/C23H21ClN2O2/c1-16-12-13-20(19(24)14-16)25-22(27)15-21(17-8-4-2-5-9-17)26-23(28)18-10-6-3-7-11-18/h2-14,21H,15H2,1H3,(H,25,27)(H,26,28). The van der Waals surface area contributed by atoms with Gasteiger partial charge in [0, 0.05) is 5.56 Å². The smallest absolute Gasteiger partial charge is 0.251 e. The molecule has 0 aliphatic carbocycles. The predicted octanol–water partition coefficient (Wildman–Crippen LogP) is 5.15. The number of halogens is 1. The molecule has 3 aromatic rings. The normalized spacial score (nSPS) is 11.5. The van der Waals surface area contributed by atoms with Gasteiger partial charge < -0.3 is 10.6 Å². The van der Waals surface area contributed by atoms with Crippen molar-refractivity contribution in [3.05, 3.63) is 101 Å². The minimum absolute atomic E-state index is 0.0901. The van der Waals surface area contributed by atoms with Crippen molar-refractivity contribution < 1.29 is 9.59 Å². The van der Waals surface area contributed by atoms with Gasteiger partial charge >= 0.3 is 0 Å². The molecule has 1 atom stereocenters.